The minimum Gasteiger partial charge on any atom is -0.383 e. The van der Waals surface area contributed by atoms with Crippen LogP contribution in [-0.4, -0.2) is 63.2 Å². The lowest BCUT2D eigenvalue weighted by Gasteiger charge is -2.36. The van der Waals surface area contributed by atoms with Gasteiger partial charge in [-0.05, 0) is 18.4 Å². The number of rotatable bonds is 6. The van der Waals surface area contributed by atoms with Gasteiger partial charge in [-0.25, -0.2) is 9.07 Å². The first-order valence-electron chi connectivity index (χ1n) is 11.1. The number of carbonyl (C=O) groups is 1. The number of hydrogen-bond acceptors (Lipinski definition) is 8. The van der Waals surface area contributed by atoms with E-state index in [9.17, 15) is 9.18 Å². The number of nitrogens with two attached hydrogens (primary N) is 1. The van der Waals surface area contributed by atoms with E-state index in [1.165, 1.54) is 22.5 Å². The van der Waals surface area contributed by atoms with Crippen molar-refractivity contribution in [3.63, 3.8) is 0 Å². The molecule has 0 unspecified atom stereocenters. The van der Waals surface area contributed by atoms with E-state index in [1.807, 2.05) is 47.6 Å². The van der Waals surface area contributed by atoms with Crippen molar-refractivity contribution in [3.05, 3.63) is 60.4 Å². The lowest BCUT2D eigenvalue weighted by Crippen LogP contribution is -2.50. The fourth-order valence-corrected chi connectivity index (χ4v) is 4.66. The zero-order valence-electron chi connectivity index (χ0n) is 19.1. The Morgan fingerprint density at radius 2 is 1.80 bits per heavy atom. The second-order valence-electron chi connectivity index (χ2n) is 8.04. The molecule has 11 heteroatoms. The maximum Gasteiger partial charge on any atom is 0.264 e. The monoisotopic (exact) mass is 493 g/mol. The molecule has 35 heavy (non-hydrogen) atoms. The van der Waals surface area contributed by atoms with Crippen LogP contribution in [0.1, 0.15) is 0 Å². The molecule has 2 N–H and O–H groups in total. The molecule has 0 aliphatic carbocycles. The van der Waals surface area contributed by atoms with Gasteiger partial charge in [0.2, 0.25) is 11.7 Å². The Hall–Kier alpha value is -3.86. The third-order valence-electron chi connectivity index (χ3n) is 5.94. The van der Waals surface area contributed by atoms with Gasteiger partial charge in [0.05, 0.1) is 5.69 Å². The molecule has 0 radical (unpaired) electrons. The highest BCUT2D eigenvalue weighted by Crippen LogP contribution is 2.35. The van der Waals surface area contributed by atoms with Crippen LogP contribution in [0.4, 0.5) is 15.9 Å². The highest BCUT2D eigenvalue weighted by atomic mass is 32.2. The van der Waals surface area contributed by atoms with Crippen LogP contribution in [0.2, 0.25) is 0 Å². The van der Waals surface area contributed by atoms with E-state index >= 15 is 0 Å². The van der Waals surface area contributed by atoms with E-state index in [-0.39, 0.29) is 30.0 Å². The van der Waals surface area contributed by atoms with Crippen LogP contribution in [0.3, 0.4) is 0 Å². The number of anilines is 2. The number of benzene rings is 2. The number of aromatic nitrogens is 4. The third-order valence-corrected chi connectivity index (χ3v) is 6.61. The summed E-state index contributed by atoms with van der Waals surface area (Å²) in [5.74, 6) is 0.620. The Bertz CT molecular complexity index is 1330. The number of para-hydroxylation sites is 1. The van der Waals surface area contributed by atoms with Crippen molar-refractivity contribution in [2.24, 2.45) is 0 Å². The number of thioether (sulfide) groups is 1. The second-order valence-corrected chi connectivity index (χ2v) is 8.83. The first-order chi connectivity index (χ1) is 17.0. The number of carbonyl (C=O) groups excluding carboxylic acids is 1. The van der Waals surface area contributed by atoms with E-state index < -0.39 is 0 Å². The minimum atomic E-state index is -0.259. The summed E-state index contributed by atoms with van der Waals surface area (Å²) in [7, 11) is 0. The van der Waals surface area contributed by atoms with Crippen LogP contribution in [0.5, 0.6) is 0 Å². The molecular weight excluding hydrogens is 469 g/mol. The van der Waals surface area contributed by atoms with Gasteiger partial charge in [0.1, 0.15) is 28.8 Å². The average molecular weight is 494 g/mol. The standard InChI is InChI=1S/C24H24FN7O2S/c1-35-24-20(23-27-22(29-34-23)16-7-3-2-4-8-16)21(26)32(28-24)15-19(33)31-13-11-30(12-14-31)18-10-6-5-9-17(18)25/h2-10H,11-15,26H2,1H3. The summed E-state index contributed by atoms with van der Waals surface area (Å²) < 4.78 is 21.1. The Morgan fingerprint density at radius 1 is 1.09 bits per heavy atom. The highest BCUT2D eigenvalue weighted by molar-refractivity contribution is 7.98. The fourth-order valence-electron chi connectivity index (χ4n) is 4.08. The highest BCUT2D eigenvalue weighted by Gasteiger charge is 2.27. The Kier molecular flexibility index (Phi) is 6.41. The van der Waals surface area contributed by atoms with Gasteiger partial charge >= 0.3 is 0 Å². The summed E-state index contributed by atoms with van der Waals surface area (Å²) in [6.45, 7) is 2.06. The maximum absolute atomic E-state index is 14.1. The quantitative estimate of drug-likeness (QED) is 0.408. The summed E-state index contributed by atoms with van der Waals surface area (Å²) in [5, 5.41) is 9.18. The van der Waals surface area contributed by atoms with E-state index in [4.69, 9.17) is 10.3 Å². The summed E-state index contributed by atoms with van der Waals surface area (Å²) in [4.78, 5) is 21.2. The minimum absolute atomic E-state index is 0.0151. The van der Waals surface area contributed by atoms with Gasteiger partial charge in [-0.15, -0.1) is 11.8 Å². The first kappa shape index (κ1) is 22.9. The second kappa shape index (κ2) is 9.79. The molecule has 9 nitrogen and oxygen atoms in total. The van der Waals surface area contributed by atoms with Crippen LogP contribution >= 0.6 is 11.8 Å². The largest absolute Gasteiger partial charge is 0.383 e. The Balaban J connectivity index is 1.30. The molecule has 1 fully saturated rings. The van der Waals surface area contributed by atoms with E-state index in [2.05, 4.69) is 15.2 Å². The van der Waals surface area contributed by atoms with Crippen LogP contribution in [0.25, 0.3) is 22.8 Å². The van der Waals surface area contributed by atoms with Crippen molar-refractivity contribution in [2.75, 3.05) is 43.1 Å². The van der Waals surface area contributed by atoms with Crippen molar-refractivity contribution in [3.8, 4) is 22.8 Å². The topological polar surface area (TPSA) is 106 Å². The van der Waals surface area contributed by atoms with Crippen molar-refractivity contribution in [1.82, 2.24) is 24.8 Å². The lowest BCUT2D eigenvalue weighted by atomic mass is 10.2. The molecule has 1 aliphatic rings. The molecular formula is C24H24FN7O2S. The maximum atomic E-state index is 14.1. The van der Waals surface area contributed by atoms with Gasteiger partial charge in [-0.2, -0.15) is 10.1 Å². The van der Waals surface area contributed by atoms with Gasteiger partial charge in [-0.1, -0.05) is 47.6 Å². The molecule has 2 aromatic carbocycles. The first-order valence-corrected chi connectivity index (χ1v) is 12.3. The zero-order valence-corrected chi connectivity index (χ0v) is 19.9. The van der Waals surface area contributed by atoms with Crippen molar-refractivity contribution in [1.29, 1.82) is 0 Å². The predicted octanol–water partition coefficient (Wildman–Crippen LogP) is 3.39. The van der Waals surface area contributed by atoms with Gasteiger partial charge in [0.15, 0.2) is 0 Å². The van der Waals surface area contributed by atoms with Crippen LogP contribution in [0.15, 0.2) is 64.1 Å². The summed E-state index contributed by atoms with van der Waals surface area (Å²) in [5.41, 5.74) is 8.29. The summed E-state index contributed by atoms with van der Waals surface area (Å²) in [6.07, 6.45) is 1.87. The van der Waals surface area contributed by atoms with Crippen LogP contribution in [0, 0.1) is 5.82 Å². The van der Waals surface area contributed by atoms with Gasteiger partial charge in [0.25, 0.3) is 5.89 Å². The number of amides is 1. The van der Waals surface area contributed by atoms with Gasteiger partial charge < -0.3 is 20.1 Å². The molecule has 0 atom stereocenters. The van der Waals surface area contributed by atoms with Gasteiger partial charge in [0, 0.05) is 31.7 Å². The van der Waals surface area contributed by atoms with Crippen molar-refractivity contribution in [2.45, 2.75) is 11.6 Å². The molecule has 1 saturated heterocycles. The molecule has 0 saturated carbocycles. The molecule has 1 aliphatic heterocycles. The van der Waals surface area contributed by atoms with Crippen LogP contribution in [-0.2, 0) is 11.3 Å². The zero-order chi connectivity index (χ0) is 24.4. The van der Waals surface area contributed by atoms with E-state index in [1.54, 1.807) is 17.0 Å². The molecule has 180 valence electrons. The smallest absolute Gasteiger partial charge is 0.264 e. The molecule has 4 aromatic rings. The molecule has 5 rings (SSSR count). The molecule has 3 heterocycles. The third kappa shape index (κ3) is 4.59. The molecule has 1 amide bonds. The number of nitrogen functional groups attached to an aromatic ring is 1. The predicted molar refractivity (Wildman–Crippen MR) is 132 cm³/mol. The number of nitrogens with zero attached hydrogens (tertiary/aromatic N) is 6. The number of halogens is 1. The Labute approximate surface area is 205 Å². The van der Waals surface area contributed by atoms with Gasteiger partial charge in [-0.3, -0.25) is 4.79 Å². The molecule has 0 spiro atoms. The Morgan fingerprint density at radius 3 is 2.51 bits per heavy atom. The fraction of sp³-hybridized carbons (Fsp3) is 0.250. The van der Waals surface area contributed by atoms with E-state index in [0.29, 0.717) is 48.3 Å². The molecule has 2 aromatic heterocycles. The summed E-state index contributed by atoms with van der Waals surface area (Å²) >= 11 is 1.39. The molecule has 0 bridgehead atoms. The lowest BCUT2D eigenvalue weighted by molar-refractivity contribution is -0.132. The van der Waals surface area contributed by atoms with Crippen molar-refractivity contribution >= 4 is 29.2 Å². The van der Waals surface area contributed by atoms with Crippen molar-refractivity contribution < 1.29 is 13.7 Å². The normalized spacial score (nSPS) is 13.9. The average Bonchev–Trinajstić information content (AvgIpc) is 3.49. The van der Waals surface area contributed by atoms with Crippen LogP contribution < -0.4 is 10.6 Å². The SMILES string of the molecule is CSc1nn(CC(=O)N2CCN(c3ccccc3F)CC2)c(N)c1-c1nc(-c2ccccc2)no1. The number of hydrogen-bond donors (Lipinski definition) is 1. The van der Waals surface area contributed by atoms with E-state index in [0.717, 1.165) is 5.56 Å². The number of piperazine rings is 1. The summed E-state index contributed by atoms with van der Waals surface area (Å²) in [6, 6.07) is 16.2.